The zero-order valence-electron chi connectivity index (χ0n) is 17.9. The van der Waals surface area contributed by atoms with Crippen LogP contribution in [0.15, 0.2) is 53.8 Å². The molecule has 166 valence electrons. The van der Waals surface area contributed by atoms with Gasteiger partial charge in [-0.15, -0.1) is 5.10 Å². The normalized spacial score (nSPS) is 11.5. The van der Waals surface area contributed by atoms with Crippen LogP contribution in [-0.4, -0.2) is 46.1 Å². The second-order valence-electron chi connectivity index (χ2n) is 7.23. The molecule has 0 radical (unpaired) electrons. The maximum absolute atomic E-state index is 14.3. The first kappa shape index (κ1) is 21.5. The van der Waals surface area contributed by atoms with Crippen molar-refractivity contribution in [2.24, 2.45) is 7.05 Å². The van der Waals surface area contributed by atoms with Gasteiger partial charge in [-0.3, -0.25) is 0 Å². The maximum atomic E-state index is 14.3. The van der Waals surface area contributed by atoms with Gasteiger partial charge in [0, 0.05) is 25.1 Å². The van der Waals surface area contributed by atoms with Crippen molar-refractivity contribution in [1.29, 1.82) is 0 Å². The van der Waals surface area contributed by atoms with Crippen LogP contribution < -0.4 is 10.1 Å². The molecule has 0 fully saturated rings. The summed E-state index contributed by atoms with van der Waals surface area (Å²) in [5, 5.41) is 7.21. The third-order valence-electron chi connectivity index (χ3n) is 4.80. The molecule has 0 bridgehead atoms. The number of benzene rings is 2. The van der Waals surface area contributed by atoms with E-state index < -0.39 is 15.7 Å². The summed E-state index contributed by atoms with van der Waals surface area (Å²) in [6, 6.07) is 9.05. The minimum atomic E-state index is -3.49. The van der Waals surface area contributed by atoms with Crippen LogP contribution in [-0.2, 0) is 16.9 Å². The lowest BCUT2D eigenvalue weighted by molar-refractivity contribution is 0.413. The van der Waals surface area contributed by atoms with Crippen molar-refractivity contribution in [3.05, 3.63) is 60.4 Å². The molecular weight excluding hydrogens is 435 g/mol. The van der Waals surface area contributed by atoms with Crippen molar-refractivity contribution >= 4 is 21.5 Å². The van der Waals surface area contributed by atoms with E-state index in [2.05, 4.69) is 20.4 Å². The number of methoxy groups -OCH3 is 1. The second-order valence-corrected chi connectivity index (χ2v) is 9.25. The van der Waals surface area contributed by atoms with E-state index in [0.717, 1.165) is 23.7 Å². The fourth-order valence-corrected chi connectivity index (χ4v) is 3.80. The number of nitrogens with one attached hydrogen (secondary N) is 1. The Morgan fingerprint density at radius 2 is 1.94 bits per heavy atom. The highest BCUT2D eigenvalue weighted by Crippen LogP contribution is 2.30. The Bertz CT molecular complexity index is 1410. The number of rotatable bonds is 6. The molecule has 0 atom stereocenters. The van der Waals surface area contributed by atoms with Crippen LogP contribution in [0.4, 0.5) is 16.0 Å². The highest BCUT2D eigenvalue weighted by Gasteiger charge is 2.16. The Morgan fingerprint density at radius 3 is 2.59 bits per heavy atom. The molecule has 0 saturated carbocycles. The van der Waals surface area contributed by atoms with Crippen molar-refractivity contribution in [3.63, 3.8) is 0 Å². The number of halogens is 1. The summed E-state index contributed by atoms with van der Waals surface area (Å²) in [4.78, 5) is 8.67. The van der Waals surface area contributed by atoms with Gasteiger partial charge in [-0.1, -0.05) is 0 Å². The minimum absolute atomic E-state index is 0.00106. The molecule has 0 amide bonds. The van der Waals surface area contributed by atoms with E-state index in [1.165, 1.54) is 16.8 Å². The number of hydrogen-bond donors (Lipinski definition) is 1. The topological polar surface area (TPSA) is 104 Å². The van der Waals surface area contributed by atoms with Crippen LogP contribution in [0.5, 0.6) is 5.75 Å². The largest absolute Gasteiger partial charge is 0.495 e. The molecule has 0 aliphatic rings. The summed E-state index contributed by atoms with van der Waals surface area (Å²) < 4.78 is 46.7. The summed E-state index contributed by atoms with van der Waals surface area (Å²) in [6.07, 6.45) is 4.65. The number of nitrogens with zero attached hydrogens (tertiary/aromatic N) is 5. The first-order valence-corrected chi connectivity index (χ1v) is 11.4. The molecule has 1 N–H and O–H groups in total. The van der Waals surface area contributed by atoms with Crippen molar-refractivity contribution in [3.8, 4) is 22.8 Å². The average Bonchev–Trinajstić information content (AvgIpc) is 3.34. The second kappa shape index (κ2) is 8.08. The van der Waals surface area contributed by atoms with Crippen molar-refractivity contribution in [2.45, 2.75) is 11.8 Å². The first-order valence-electron chi connectivity index (χ1n) is 9.53. The molecule has 2 heterocycles. The SMILES string of the molecule is COc1cc(-c2nc(Nc3cc(S(C)(=O)=O)ccc3F)n(C)n2)ccc1-n1cnc(C)c1. The molecular formula is C21H21FN6O3S. The van der Waals surface area contributed by atoms with Crippen LogP contribution in [0.25, 0.3) is 17.1 Å². The Balaban J connectivity index is 1.67. The number of sulfone groups is 1. The number of anilines is 2. The van der Waals surface area contributed by atoms with E-state index in [1.54, 1.807) is 26.6 Å². The lowest BCUT2D eigenvalue weighted by Crippen LogP contribution is -2.04. The van der Waals surface area contributed by atoms with Gasteiger partial charge in [0.1, 0.15) is 11.6 Å². The van der Waals surface area contributed by atoms with Gasteiger partial charge in [0.25, 0.3) is 0 Å². The maximum Gasteiger partial charge on any atom is 0.226 e. The molecule has 11 heteroatoms. The van der Waals surface area contributed by atoms with Crippen molar-refractivity contribution < 1.29 is 17.5 Å². The van der Waals surface area contributed by atoms with Crippen LogP contribution in [0, 0.1) is 12.7 Å². The molecule has 0 spiro atoms. The molecule has 32 heavy (non-hydrogen) atoms. The van der Waals surface area contributed by atoms with Gasteiger partial charge in [-0.25, -0.2) is 22.5 Å². The van der Waals surface area contributed by atoms with Gasteiger partial charge in [-0.05, 0) is 43.3 Å². The summed E-state index contributed by atoms with van der Waals surface area (Å²) in [6.45, 7) is 1.90. The van der Waals surface area contributed by atoms with Gasteiger partial charge < -0.3 is 14.6 Å². The lowest BCUT2D eigenvalue weighted by Gasteiger charge is -2.10. The smallest absolute Gasteiger partial charge is 0.226 e. The Kier molecular flexibility index (Phi) is 5.43. The molecule has 2 aromatic carbocycles. The van der Waals surface area contributed by atoms with Gasteiger partial charge >= 0.3 is 0 Å². The Morgan fingerprint density at radius 1 is 1.16 bits per heavy atom. The predicted octanol–water partition coefficient (Wildman–Crippen LogP) is 3.27. The molecule has 4 aromatic rings. The van der Waals surface area contributed by atoms with Crippen molar-refractivity contribution in [2.75, 3.05) is 18.7 Å². The molecule has 0 aliphatic carbocycles. The number of hydrogen-bond acceptors (Lipinski definition) is 7. The first-order chi connectivity index (χ1) is 15.2. The third kappa shape index (κ3) is 4.19. The summed E-state index contributed by atoms with van der Waals surface area (Å²) in [5.74, 6) is 0.636. The van der Waals surface area contributed by atoms with E-state index in [4.69, 9.17) is 4.74 Å². The van der Waals surface area contributed by atoms with E-state index in [1.807, 2.05) is 29.8 Å². The number of aryl methyl sites for hydroxylation is 2. The van der Waals surface area contributed by atoms with Gasteiger partial charge in [-0.2, -0.15) is 4.98 Å². The van der Waals surface area contributed by atoms with Crippen LogP contribution in [0.2, 0.25) is 0 Å². The standard InChI is InChI=1S/C21H21FN6O3S/c1-13-11-28(12-23-13)18-8-5-14(9-19(18)31-3)20-25-21(27(2)26-20)24-17-10-15(32(4,29)30)6-7-16(17)22/h5-12H,1-4H3,(H,24,25,26). The van der Waals surface area contributed by atoms with E-state index in [-0.39, 0.29) is 16.5 Å². The van der Waals surface area contributed by atoms with Crippen LogP contribution in [0.3, 0.4) is 0 Å². The van der Waals surface area contributed by atoms with E-state index in [9.17, 15) is 12.8 Å². The number of aromatic nitrogens is 5. The van der Waals surface area contributed by atoms with E-state index >= 15 is 0 Å². The van der Waals surface area contributed by atoms with Crippen LogP contribution >= 0.6 is 0 Å². The van der Waals surface area contributed by atoms with E-state index in [0.29, 0.717) is 17.1 Å². The van der Waals surface area contributed by atoms with Crippen molar-refractivity contribution in [1.82, 2.24) is 24.3 Å². The molecule has 0 saturated heterocycles. The Labute approximate surface area is 184 Å². The lowest BCUT2D eigenvalue weighted by atomic mass is 10.1. The Hall–Kier alpha value is -3.73. The summed E-state index contributed by atoms with van der Waals surface area (Å²) >= 11 is 0. The number of imidazole rings is 1. The molecule has 2 aromatic heterocycles. The average molecular weight is 457 g/mol. The summed E-state index contributed by atoms with van der Waals surface area (Å²) in [7, 11) is -0.263. The fraction of sp³-hybridized carbons (Fsp3) is 0.190. The highest BCUT2D eigenvalue weighted by atomic mass is 32.2. The van der Waals surface area contributed by atoms with Gasteiger partial charge in [0.15, 0.2) is 15.7 Å². The van der Waals surface area contributed by atoms with Crippen LogP contribution in [0.1, 0.15) is 5.69 Å². The predicted molar refractivity (Wildman–Crippen MR) is 118 cm³/mol. The fourth-order valence-electron chi connectivity index (χ4n) is 3.15. The summed E-state index contributed by atoms with van der Waals surface area (Å²) in [5.41, 5.74) is 2.37. The minimum Gasteiger partial charge on any atom is -0.495 e. The highest BCUT2D eigenvalue weighted by molar-refractivity contribution is 7.90. The third-order valence-corrected chi connectivity index (χ3v) is 5.91. The molecule has 4 rings (SSSR count). The molecule has 9 nitrogen and oxygen atoms in total. The number of ether oxygens (including phenoxy) is 1. The zero-order chi connectivity index (χ0) is 23.0. The zero-order valence-corrected chi connectivity index (χ0v) is 18.7. The molecule has 0 aliphatic heterocycles. The van der Waals surface area contributed by atoms with Gasteiger partial charge in [0.2, 0.25) is 5.95 Å². The quantitative estimate of drug-likeness (QED) is 0.444. The van der Waals surface area contributed by atoms with Gasteiger partial charge in [0.05, 0.1) is 35.4 Å². The monoisotopic (exact) mass is 456 g/mol. The molecule has 0 unspecified atom stereocenters.